The van der Waals surface area contributed by atoms with E-state index in [2.05, 4.69) is 0 Å². The summed E-state index contributed by atoms with van der Waals surface area (Å²) < 4.78 is 5.86. The average Bonchev–Trinajstić information content (AvgIpc) is 2.83. The molecule has 5 nitrogen and oxygen atoms in total. The van der Waals surface area contributed by atoms with E-state index >= 15 is 0 Å². The van der Waals surface area contributed by atoms with Crippen LogP contribution in [0.25, 0.3) is 11.0 Å². The van der Waals surface area contributed by atoms with Gasteiger partial charge in [-0.05, 0) is 18.9 Å². The predicted molar refractivity (Wildman–Crippen MR) is 85.9 cm³/mol. The fourth-order valence-electron chi connectivity index (χ4n) is 3.30. The largest absolute Gasteiger partial charge is 0.481 e. The third kappa shape index (κ3) is 2.71. The molecule has 0 saturated heterocycles. The van der Waals surface area contributed by atoms with E-state index in [1.807, 2.05) is 31.2 Å². The van der Waals surface area contributed by atoms with E-state index in [0.29, 0.717) is 19.4 Å². The number of benzene rings is 1. The summed E-state index contributed by atoms with van der Waals surface area (Å²) in [7, 11) is 1.74. The molecule has 3 rings (SSSR count). The average molecular weight is 315 g/mol. The lowest BCUT2D eigenvalue weighted by molar-refractivity contribution is -0.156. The summed E-state index contributed by atoms with van der Waals surface area (Å²) in [6.45, 7) is 2.47. The van der Waals surface area contributed by atoms with Crippen molar-refractivity contribution in [1.82, 2.24) is 4.90 Å². The first-order valence-corrected chi connectivity index (χ1v) is 8.00. The van der Waals surface area contributed by atoms with E-state index in [9.17, 15) is 9.59 Å². The van der Waals surface area contributed by atoms with Crippen molar-refractivity contribution in [2.24, 2.45) is 11.8 Å². The highest BCUT2D eigenvalue weighted by atomic mass is 16.4. The molecule has 122 valence electrons. The molecule has 1 fully saturated rings. The molecule has 1 N–H and O–H groups in total. The number of hydrogen-bond acceptors (Lipinski definition) is 3. The SMILES string of the molecule is CCc1oc2ccccc2c1CN(C)C(=O)C1CCC1C(=O)O. The zero-order chi connectivity index (χ0) is 16.6. The van der Waals surface area contributed by atoms with Gasteiger partial charge in [-0.3, -0.25) is 9.59 Å². The Hall–Kier alpha value is -2.30. The molecule has 0 radical (unpaired) electrons. The lowest BCUT2D eigenvalue weighted by atomic mass is 9.73. The minimum atomic E-state index is -0.869. The predicted octanol–water partition coefficient (Wildman–Crippen LogP) is 3.06. The molecule has 23 heavy (non-hydrogen) atoms. The number of rotatable bonds is 5. The molecule has 1 heterocycles. The first-order chi connectivity index (χ1) is 11.0. The Labute approximate surface area is 134 Å². The van der Waals surface area contributed by atoms with Crippen molar-refractivity contribution in [3.63, 3.8) is 0 Å². The lowest BCUT2D eigenvalue weighted by Crippen LogP contribution is -2.44. The van der Waals surface area contributed by atoms with Crippen LogP contribution in [-0.2, 0) is 22.6 Å². The Bertz CT molecular complexity index is 749. The van der Waals surface area contributed by atoms with Crippen LogP contribution in [0.3, 0.4) is 0 Å². The molecule has 1 aliphatic rings. The van der Waals surface area contributed by atoms with Crippen LogP contribution < -0.4 is 0 Å². The van der Waals surface area contributed by atoms with Crippen molar-refractivity contribution in [3.05, 3.63) is 35.6 Å². The van der Waals surface area contributed by atoms with Gasteiger partial charge in [-0.1, -0.05) is 25.1 Å². The van der Waals surface area contributed by atoms with Crippen molar-refractivity contribution in [1.29, 1.82) is 0 Å². The number of fused-ring (bicyclic) bond motifs is 1. The van der Waals surface area contributed by atoms with Gasteiger partial charge in [-0.2, -0.15) is 0 Å². The second kappa shape index (κ2) is 6.07. The van der Waals surface area contributed by atoms with Gasteiger partial charge in [0.05, 0.1) is 11.8 Å². The molecule has 1 aliphatic carbocycles. The van der Waals surface area contributed by atoms with Crippen LogP contribution in [0, 0.1) is 11.8 Å². The van der Waals surface area contributed by atoms with E-state index in [0.717, 1.165) is 28.7 Å². The molecule has 1 amide bonds. The van der Waals surface area contributed by atoms with Crippen LogP contribution in [0.15, 0.2) is 28.7 Å². The number of furan rings is 1. The smallest absolute Gasteiger partial charge is 0.307 e. The van der Waals surface area contributed by atoms with Gasteiger partial charge in [0.2, 0.25) is 5.91 Å². The zero-order valence-electron chi connectivity index (χ0n) is 13.4. The number of carboxylic acids is 1. The number of aryl methyl sites for hydroxylation is 1. The number of nitrogens with zero attached hydrogens (tertiary/aromatic N) is 1. The second-order valence-corrected chi connectivity index (χ2v) is 6.18. The quantitative estimate of drug-likeness (QED) is 0.920. The third-order valence-electron chi connectivity index (χ3n) is 4.78. The number of aliphatic carboxylic acids is 1. The maximum absolute atomic E-state index is 12.5. The van der Waals surface area contributed by atoms with Crippen LogP contribution in [0.2, 0.25) is 0 Å². The first-order valence-electron chi connectivity index (χ1n) is 8.00. The highest BCUT2D eigenvalue weighted by Gasteiger charge is 2.42. The fraction of sp³-hybridized carbons (Fsp3) is 0.444. The summed E-state index contributed by atoms with van der Waals surface area (Å²) in [6, 6.07) is 7.80. The fourth-order valence-corrected chi connectivity index (χ4v) is 3.30. The lowest BCUT2D eigenvalue weighted by Gasteiger charge is -2.35. The maximum atomic E-state index is 12.5. The van der Waals surface area contributed by atoms with Gasteiger partial charge in [0.1, 0.15) is 11.3 Å². The van der Waals surface area contributed by atoms with Gasteiger partial charge in [-0.25, -0.2) is 0 Å². The van der Waals surface area contributed by atoms with E-state index < -0.39 is 11.9 Å². The number of carbonyl (C=O) groups excluding carboxylic acids is 1. The Morgan fingerprint density at radius 1 is 1.26 bits per heavy atom. The minimum absolute atomic E-state index is 0.0871. The highest BCUT2D eigenvalue weighted by Crippen LogP contribution is 2.36. The summed E-state index contributed by atoms with van der Waals surface area (Å²) in [5.74, 6) is -0.992. The highest BCUT2D eigenvalue weighted by molar-refractivity contribution is 5.87. The van der Waals surface area contributed by atoms with Gasteiger partial charge in [0.25, 0.3) is 0 Å². The van der Waals surface area contributed by atoms with Crippen molar-refractivity contribution in [3.8, 4) is 0 Å². The Morgan fingerprint density at radius 3 is 2.57 bits per heavy atom. The van der Waals surface area contributed by atoms with Crippen LogP contribution >= 0.6 is 0 Å². The van der Waals surface area contributed by atoms with Gasteiger partial charge in [0, 0.05) is 31.0 Å². The van der Waals surface area contributed by atoms with Crippen molar-refractivity contribution < 1.29 is 19.1 Å². The van der Waals surface area contributed by atoms with Crippen LogP contribution in [0.1, 0.15) is 31.1 Å². The molecule has 1 aromatic carbocycles. The zero-order valence-corrected chi connectivity index (χ0v) is 13.4. The number of carbonyl (C=O) groups is 2. The van der Waals surface area contributed by atoms with Crippen molar-refractivity contribution in [2.45, 2.75) is 32.7 Å². The molecule has 2 atom stereocenters. The summed E-state index contributed by atoms with van der Waals surface area (Å²) >= 11 is 0. The molecular weight excluding hydrogens is 294 g/mol. The van der Waals surface area contributed by atoms with Crippen LogP contribution in [-0.4, -0.2) is 28.9 Å². The molecular formula is C18H21NO4. The molecule has 5 heteroatoms. The first kappa shape index (κ1) is 15.6. The Kier molecular flexibility index (Phi) is 4.11. The van der Waals surface area contributed by atoms with E-state index in [4.69, 9.17) is 9.52 Å². The van der Waals surface area contributed by atoms with E-state index in [1.54, 1.807) is 11.9 Å². The molecule has 1 aromatic heterocycles. The number of amides is 1. The minimum Gasteiger partial charge on any atom is -0.481 e. The summed E-state index contributed by atoms with van der Waals surface area (Å²) in [5, 5.41) is 10.1. The van der Waals surface area contributed by atoms with E-state index in [-0.39, 0.29) is 11.8 Å². The topological polar surface area (TPSA) is 70.8 Å². The number of para-hydroxylation sites is 1. The standard InChI is InChI=1S/C18H21NO4/c1-3-15-14(11-6-4-5-7-16(11)23-15)10-19(2)17(20)12-8-9-13(12)18(21)22/h4-7,12-13H,3,8-10H2,1-2H3,(H,21,22). The van der Waals surface area contributed by atoms with Crippen molar-refractivity contribution >= 4 is 22.8 Å². The molecule has 0 aliphatic heterocycles. The van der Waals surface area contributed by atoms with Gasteiger partial charge >= 0.3 is 5.97 Å². The van der Waals surface area contributed by atoms with Crippen LogP contribution in [0.5, 0.6) is 0 Å². The van der Waals surface area contributed by atoms with E-state index in [1.165, 1.54) is 0 Å². The molecule has 2 unspecified atom stereocenters. The molecule has 1 saturated carbocycles. The second-order valence-electron chi connectivity index (χ2n) is 6.18. The molecule has 0 bridgehead atoms. The van der Waals surface area contributed by atoms with Gasteiger partial charge in [0.15, 0.2) is 0 Å². The normalized spacial score (nSPS) is 20.3. The molecule has 2 aromatic rings. The summed E-state index contributed by atoms with van der Waals surface area (Å²) in [6.07, 6.45) is 2.01. The van der Waals surface area contributed by atoms with Gasteiger partial charge < -0.3 is 14.4 Å². The maximum Gasteiger partial charge on any atom is 0.307 e. The molecule has 0 spiro atoms. The monoisotopic (exact) mass is 315 g/mol. The van der Waals surface area contributed by atoms with Crippen LogP contribution in [0.4, 0.5) is 0 Å². The summed E-state index contributed by atoms with van der Waals surface area (Å²) in [4.78, 5) is 25.3. The van der Waals surface area contributed by atoms with Crippen molar-refractivity contribution in [2.75, 3.05) is 7.05 Å². The summed E-state index contributed by atoms with van der Waals surface area (Å²) in [5.41, 5.74) is 1.84. The van der Waals surface area contributed by atoms with Gasteiger partial charge in [-0.15, -0.1) is 0 Å². The number of carboxylic acid groups (broad SMARTS) is 1. The number of hydrogen-bond donors (Lipinski definition) is 1. The third-order valence-corrected chi connectivity index (χ3v) is 4.78. The Balaban J connectivity index is 1.81. The Morgan fingerprint density at radius 2 is 1.96 bits per heavy atom.